The molecule has 8 nitrogen and oxygen atoms in total. The first kappa shape index (κ1) is 20.6. The van der Waals surface area contributed by atoms with E-state index in [-0.39, 0.29) is 18.3 Å². The summed E-state index contributed by atoms with van der Waals surface area (Å²) >= 11 is 6.13. The van der Waals surface area contributed by atoms with Gasteiger partial charge < -0.3 is 5.32 Å². The Labute approximate surface area is 169 Å². The van der Waals surface area contributed by atoms with E-state index in [0.29, 0.717) is 16.5 Å². The summed E-state index contributed by atoms with van der Waals surface area (Å²) in [5, 5.41) is 9.90. The molecule has 3 rings (SSSR count). The first-order valence-electron chi connectivity index (χ1n) is 9.28. The molecule has 1 aliphatic carbocycles. The Kier molecular flexibility index (Phi) is 6.93. The number of rotatable bonds is 7. The molecule has 0 saturated heterocycles. The zero-order valence-electron chi connectivity index (χ0n) is 15.4. The molecular weight excluding hydrogens is 402 g/mol. The lowest BCUT2D eigenvalue weighted by atomic mass is 9.96. The predicted molar refractivity (Wildman–Crippen MR) is 109 cm³/mol. The van der Waals surface area contributed by atoms with Gasteiger partial charge in [0, 0.05) is 24.8 Å². The summed E-state index contributed by atoms with van der Waals surface area (Å²) in [6, 6.07) is 8.34. The SMILES string of the molecule is O=C(NCCS(=O)(=O)NC1CCCCC1)Nc1ccn(-c2ccccc2Cl)n1. The van der Waals surface area contributed by atoms with Crippen molar-refractivity contribution in [2.24, 2.45) is 0 Å². The molecule has 3 N–H and O–H groups in total. The molecule has 152 valence electrons. The number of hydrogen-bond acceptors (Lipinski definition) is 4. The van der Waals surface area contributed by atoms with Crippen LogP contribution in [0.25, 0.3) is 5.69 Å². The maximum Gasteiger partial charge on any atom is 0.320 e. The number of aromatic nitrogens is 2. The lowest BCUT2D eigenvalue weighted by Gasteiger charge is -2.22. The monoisotopic (exact) mass is 425 g/mol. The van der Waals surface area contributed by atoms with Crippen LogP contribution in [0.1, 0.15) is 32.1 Å². The highest BCUT2D eigenvalue weighted by molar-refractivity contribution is 7.89. The van der Waals surface area contributed by atoms with Gasteiger partial charge in [-0.05, 0) is 25.0 Å². The van der Waals surface area contributed by atoms with Gasteiger partial charge in [-0.25, -0.2) is 22.6 Å². The number of anilines is 1. The number of halogens is 1. The number of amides is 2. The van der Waals surface area contributed by atoms with Crippen molar-refractivity contribution in [1.29, 1.82) is 0 Å². The van der Waals surface area contributed by atoms with Crippen LogP contribution in [-0.2, 0) is 10.0 Å². The van der Waals surface area contributed by atoms with Gasteiger partial charge in [-0.3, -0.25) is 5.32 Å². The highest BCUT2D eigenvalue weighted by atomic mass is 35.5. The van der Waals surface area contributed by atoms with E-state index in [0.717, 1.165) is 32.1 Å². The topological polar surface area (TPSA) is 105 Å². The summed E-state index contributed by atoms with van der Waals surface area (Å²) < 4.78 is 28.5. The third-order valence-corrected chi connectivity index (χ3v) is 6.29. The highest BCUT2D eigenvalue weighted by Crippen LogP contribution is 2.20. The summed E-state index contributed by atoms with van der Waals surface area (Å²) in [4.78, 5) is 12.0. The van der Waals surface area contributed by atoms with E-state index in [9.17, 15) is 13.2 Å². The third kappa shape index (κ3) is 5.95. The molecule has 0 aliphatic heterocycles. The molecule has 1 aliphatic rings. The predicted octanol–water partition coefficient (Wildman–Crippen LogP) is 2.90. The first-order chi connectivity index (χ1) is 13.4. The molecule has 28 heavy (non-hydrogen) atoms. The van der Waals surface area contributed by atoms with E-state index < -0.39 is 16.1 Å². The molecule has 1 aromatic carbocycles. The Morgan fingerprint density at radius 3 is 2.68 bits per heavy atom. The Morgan fingerprint density at radius 2 is 1.93 bits per heavy atom. The van der Waals surface area contributed by atoms with Gasteiger partial charge in [-0.15, -0.1) is 5.10 Å². The van der Waals surface area contributed by atoms with Crippen LogP contribution in [0, 0.1) is 0 Å². The van der Waals surface area contributed by atoms with Crippen LogP contribution in [-0.4, -0.2) is 42.6 Å². The maximum atomic E-state index is 12.1. The Balaban J connectivity index is 1.45. The van der Waals surface area contributed by atoms with Crippen molar-refractivity contribution in [2.45, 2.75) is 38.1 Å². The van der Waals surface area contributed by atoms with E-state index in [1.54, 1.807) is 23.0 Å². The average Bonchev–Trinajstić information content (AvgIpc) is 3.10. The van der Waals surface area contributed by atoms with Crippen LogP contribution in [0.4, 0.5) is 10.6 Å². The lowest BCUT2D eigenvalue weighted by Crippen LogP contribution is -2.41. The van der Waals surface area contributed by atoms with Crippen LogP contribution in [0.15, 0.2) is 36.5 Å². The zero-order valence-corrected chi connectivity index (χ0v) is 17.0. The molecule has 0 radical (unpaired) electrons. The van der Waals surface area contributed by atoms with E-state index in [1.165, 1.54) is 0 Å². The number of hydrogen-bond donors (Lipinski definition) is 3. The van der Waals surface area contributed by atoms with E-state index in [1.807, 2.05) is 18.2 Å². The van der Waals surface area contributed by atoms with Crippen molar-refractivity contribution < 1.29 is 13.2 Å². The molecule has 1 aromatic heterocycles. The summed E-state index contributed by atoms with van der Waals surface area (Å²) in [7, 11) is -3.41. The minimum Gasteiger partial charge on any atom is -0.337 e. The normalized spacial score (nSPS) is 15.3. The minimum atomic E-state index is -3.41. The smallest absolute Gasteiger partial charge is 0.320 e. The Morgan fingerprint density at radius 1 is 1.18 bits per heavy atom. The fraction of sp³-hybridized carbons (Fsp3) is 0.444. The molecular formula is C18H24ClN5O3S. The Hall–Kier alpha value is -2.10. The van der Waals surface area contributed by atoms with Crippen molar-refractivity contribution in [1.82, 2.24) is 19.8 Å². The zero-order chi connectivity index (χ0) is 20.0. The minimum absolute atomic E-state index is 0.0130. The molecule has 2 amide bonds. The van der Waals surface area contributed by atoms with Crippen molar-refractivity contribution in [3.63, 3.8) is 0 Å². The molecule has 0 bridgehead atoms. The molecule has 1 saturated carbocycles. The number of nitrogens with zero attached hydrogens (tertiary/aromatic N) is 2. The van der Waals surface area contributed by atoms with Gasteiger partial charge in [0.1, 0.15) is 0 Å². The first-order valence-corrected chi connectivity index (χ1v) is 11.3. The van der Waals surface area contributed by atoms with Gasteiger partial charge >= 0.3 is 6.03 Å². The number of sulfonamides is 1. The summed E-state index contributed by atoms with van der Waals surface area (Å²) in [5.74, 6) is 0.172. The quantitative estimate of drug-likeness (QED) is 0.634. The van der Waals surface area contributed by atoms with Crippen LogP contribution in [0.3, 0.4) is 0 Å². The van der Waals surface area contributed by atoms with Gasteiger partial charge in [-0.2, -0.15) is 0 Å². The van der Waals surface area contributed by atoms with Gasteiger partial charge in [0.05, 0.1) is 16.5 Å². The Bertz CT molecular complexity index is 909. The fourth-order valence-corrected chi connectivity index (χ4v) is 4.61. The van der Waals surface area contributed by atoms with Gasteiger partial charge in [-0.1, -0.05) is 43.0 Å². The second kappa shape index (κ2) is 9.40. The number of benzene rings is 1. The number of carbonyl (C=O) groups excluding carboxylic acids is 1. The molecule has 1 fully saturated rings. The molecule has 1 heterocycles. The van der Waals surface area contributed by atoms with Crippen LogP contribution in [0.5, 0.6) is 0 Å². The van der Waals surface area contributed by atoms with E-state index >= 15 is 0 Å². The number of urea groups is 1. The highest BCUT2D eigenvalue weighted by Gasteiger charge is 2.20. The van der Waals surface area contributed by atoms with Gasteiger partial charge in [0.2, 0.25) is 10.0 Å². The van der Waals surface area contributed by atoms with E-state index in [4.69, 9.17) is 11.6 Å². The third-order valence-electron chi connectivity index (χ3n) is 4.54. The molecule has 0 atom stereocenters. The molecule has 0 spiro atoms. The van der Waals surface area contributed by atoms with Crippen LogP contribution in [0.2, 0.25) is 5.02 Å². The summed E-state index contributed by atoms with van der Waals surface area (Å²) in [5.41, 5.74) is 0.692. The second-order valence-corrected chi connectivity index (χ2v) is 9.03. The second-order valence-electron chi connectivity index (χ2n) is 6.75. The van der Waals surface area contributed by atoms with Crippen molar-refractivity contribution in [2.75, 3.05) is 17.6 Å². The van der Waals surface area contributed by atoms with Crippen molar-refractivity contribution in [3.8, 4) is 5.69 Å². The van der Waals surface area contributed by atoms with Crippen molar-refractivity contribution >= 4 is 33.5 Å². The number of nitrogens with one attached hydrogen (secondary N) is 3. The maximum absolute atomic E-state index is 12.1. The van der Waals surface area contributed by atoms with Gasteiger partial charge in [0.15, 0.2) is 5.82 Å². The molecule has 10 heteroatoms. The largest absolute Gasteiger partial charge is 0.337 e. The standard InChI is InChI=1S/C18H24ClN5O3S/c19-15-8-4-5-9-16(15)24-12-10-17(22-24)21-18(25)20-11-13-28(26,27)23-14-6-2-1-3-7-14/h4-5,8-10,12,14,23H,1-3,6-7,11,13H2,(H2,20,21,22,25). The fourth-order valence-electron chi connectivity index (χ4n) is 3.16. The number of para-hydroxylation sites is 1. The number of carbonyl (C=O) groups is 1. The van der Waals surface area contributed by atoms with Crippen molar-refractivity contribution in [3.05, 3.63) is 41.6 Å². The van der Waals surface area contributed by atoms with E-state index in [2.05, 4.69) is 20.5 Å². The van der Waals surface area contributed by atoms with Gasteiger partial charge in [0.25, 0.3) is 0 Å². The molecule has 0 unspecified atom stereocenters. The lowest BCUT2D eigenvalue weighted by molar-refractivity contribution is 0.252. The summed E-state index contributed by atoms with van der Waals surface area (Å²) in [6.07, 6.45) is 6.69. The van der Waals surface area contributed by atoms with Crippen LogP contribution < -0.4 is 15.4 Å². The average molecular weight is 426 g/mol. The molecule has 2 aromatic rings. The summed E-state index contributed by atoms with van der Waals surface area (Å²) in [6.45, 7) is 0.0130. The van der Waals surface area contributed by atoms with Crippen LogP contribution >= 0.6 is 11.6 Å².